The molecule has 0 spiro atoms. The molecule has 0 unspecified atom stereocenters. The third kappa shape index (κ3) is 2.77. The van der Waals surface area contributed by atoms with Crippen LogP contribution in [0.1, 0.15) is 6.92 Å². The highest BCUT2D eigenvalue weighted by Crippen LogP contribution is 2.30. The van der Waals surface area contributed by atoms with E-state index in [2.05, 4.69) is 15.9 Å². The molecule has 0 saturated heterocycles. The molecule has 1 aromatic carbocycles. The van der Waals surface area contributed by atoms with Crippen molar-refractivity contribution in [2.75, 3.05) is 12.3 Å². The molecule has 1 aromatic rings. The maximum Gasteiger partial charge on any atom is 0.156 e. The lowest BCUT2D eigenvalue weighted by molar-refractivity contribution is 0.362. The standard InChI is InChI=1S/C10H12BrNO/c1-2-3-7-13-10-8(11)5-4-6-9(10)12/h2-6H,7,12H2,1H3/b3-2+. The fraction of sp³-hybridized carbons (Fsp3) is 0.200. The minimum atomic E-state index is 0.545. The fourth-order valence-corrected chi connectivity index (χ4v) is 1.40. The minimum absolute atomic E-state index is 0.545. The Morgan fingerprint density at radius 1 is 1.54 bits per heavy atom. The van der Waals surface area contributed by atoms with Gasteiger partial charge in [-0.3, -0.25) is 0 Å². The molecule has 0 saturated carbocycles. The number of halogens is 1. The Bertz CT molecular complexity index is 290. The van der Waals surface area contributed by atoms with E-state index >= 15 is 0 Å². The molecule has 0 bridgehead atoms. The zero-order valence-electron chi connectivity index (χ0n) is 7.46. The van der Waals surface area contributed by atoms with E-state index in [9.17, 15) is 0 Å². The average Bonchev–Trinajstić information content (AvgIpc) is 2.10. The number of benzene rings is 1. The number of anilines is 1. The third-order valence-electron chi connectivity index (χ3n) is 1.56. The topological polar surface area (TPSA) is 35.2 Å². The highest BCUT2D eigenvalue weighted by atomic mass is 79.9. The monoisotopic (exact) mass is 241 g/mol. The number of rotatable bonds is 3. The van der Waals surface area contributed by atoms with Gasteiger partial charge in [-0.1, -0.05) is 18.2 Å². The van der Waals surface area contributed by atoms with Crippen molar-refractivity contribution in [3.05, 3.63) is 34.8 Å². The lowest BCUT2D eigenvalue weighted by atomic mass is 10.3. The molecule has 0 heterocycles. The third-order valence-corrected chi connectivity index (χ3v) is 2.18. The predicted molar refractivity (Wildman–Crippen MR) is 58.9 cm³/mol. The molecule has 70 valence electrons. The summed E-state index contributed by atoms with van der Waals surface area (Å²) in [5.41, 5.74) is 6.38. The van der Waals surface area contributed by atoms with E-state index in [4.69, 9.17) is 10.5 Å². The van der Waals surface area contributed by atoms with E-state index in [1.807, 2.05) is 37.3 Å². The summed E-state index contributed by atoms with van der Waals surface area (Å²) in [6.45, 7) is 2.50. The molecule has 2 N–H and O–H groups in total. The molecule has 1 rings (SSSR count). The normalized spacial score (nSPS) is 10.6. The van der Waals surface area contributed by atoms with Crippen LogP contribution < -0.4 is 10.5 Å². The quantitative estimate of drug-likeness (QED) is 0.653. The van der Waals surface area contributed by atoms with E-state index in [1.165, 1.54) is 0 Å². The molecule has 0 fully saturated rings. The smallest absolute Gasteiger partial charge is 0.156 e. The van der Waals surface area contributed by atoms with Crippen molar-refractivity contribution in [3.63, 3.8) is 0 Å². The Kier molecular flexibility index (Phi) is 3.83. The number of para-hydroxylation sites is 1. The molecule has 0 aliphatic carbocycles. The SMILES string of the molecule is C/C=C/COc1c(N)cccc1Br. The van der Waals surface area contributed by atoms with Crippen LogP contribution in [0.5, 0.6) is 5.75 Å². The maximum atomic E-state index is 5.72. The summed E-state index contributed by atoms with van der Waals surface area (Å²) in [7, 11) is 0. The zero-order chi connectivity index (χ0) is 9.68. The number of nitrogens with two attached hydrogens (primary N) is 1. The first-order valence-electron chi connectivity index (χ1n) is 4.03. The Balaban J connectivity index is 2.75. The van der Waals surface area contributed by atoms with Gasteiger partial charge in [0.2, 0.25) is 0 Å². The van der Waals surface area contributed by atoms with Crippen LogP contribution in [0.4, 0.5) is 5.69 Å². The van der Waals surface area contributed by atoms with Crippen LogP contribution in [0.25, 0.3) is 0 Å². The van der Waals surface area contributed by atoms with Crippen molar-refractivity contribution in [2.45, 2.75) is 6.92 Å². The highest BCUT2D eigenvalue weighted by Gasteiger charge is 2.03. The first kappa shape index (κ1) is 10.1. The molecule has 0 atom stereocenters. The lowest BCUT2D eigenvalue weighted by Gasteiger charge is -2.08. The van der Waals surface area contributed by atoms with Gasteiger partial charge in [0.25, 0.3) is 0 Å². The lowest BCUT2D eigenvalue weighted by Crippen LogP contribution is -1.98. The van der Waals surface area contributed by atoms with Crippen LogP contribution in [0.15, 0.2) is 34.8 Å². The van der Waals surface area contributed by atoms with Crippen LogP contribution in [-0.2, 0) is 0 Å². The fourth-order valence-electron chi connectivity index (χ4n) is 0.905. The Morgan fingerprint density at radius 3 is 2.92 bits per heavy atom. The second-order valence-electron chi connectivity index (χ2n) is 2.54. The van der Waals surface area contributed by atoms with Crippen molar-refractivity contribution in [3.8, 4) is 5.75 Å². The number of allylic oxidation sites excluding steroid dienone is 1. The summed E-state index contributed by atoms with van der Waals surface area (Å²) in [6, 6.07) is 5.60. The van der Waals surface area contributed by atoms with Gasteiger partial charge in [0.1, 0.15) is 6.61 Å². The largest absolute Gasteiger partial charge is 0.486 e. The molecule has 13 heavy (non-hydrogen) atoms. The van der Waals surface area contributed by atoms with Crippen molar-refractivity contribution in [2.24, 2.45) is 0 Å². The summed E-state index contributed by atoms with van der Waals surface area (Å²) in [5.74, 6) is 0.709. The highest BCUT2D eigenvalue weighted by molar-refractivity contribution is 9.10. The Hall–Kier alpha value is -0.960. The summed E-state index contributed by atoms with van der Waals surface area (Å²) in [4.78, 5) is 0. The maximum absolute atomic E-state index is 5.72. The van der Waals surface area contributed by atoms with Crippen LogP contribution in [-0.4, -0.2) is 6.61 Å². The summed E-state index contributed by atoms with van der Waals surface area (Å²) < 4.78 is 6.34. The van der Waals surface area contributed by atoms with Crippen LogP contribution in [0.3, 0.4) is 0 Å². The molecular weight excluding hydrogens is 230 g/mol. The van der Waals surface area contributed by atoms with Gasteiger partial charge in [0.05, 0.1) is 10.2 Å². The molecule has 3 heteroatoms. The second kappa shape index (κ2) is 4.92. The van der Waals surface area contributed by atoms with E-state index in [-0.39, 0.29) is 0 Å². The van der Waals surface area contributed by atoms with Crippen molar-refractivity contribution in [1.29, 1.82) is 0 Å². The Morgan fingerprint density at radius 2 is 2.31 bits per heavy atom. The first-order valence-corrected chi connectivity index (χ1v) is 4.83. The average molecular weight is 242 g/mol. The number of hydrogen-bond donors (Lipinski definition) is 1. The summed E-state index contributed by atoms with van der Waals surface area (Å²) in [6.07, 6.45) is 3.87. The second-order valence-corrected chi connectivity index (χ2v) is 3.39. The molecule has 2 nitrogen and oxygen atoms in total. The van der Waals surface area contributed by atoms with Gasteiger partial charge in [-0.25, -0.2) is 0 Å². The Labute approximate surface area is 86.5 Å². The van der Waals surface area contributed by atoms with Crippen molar-refractivity contribution < 1.29 is 4.74 Å². The van der Waals surface area contributed by atoms with Crippen LogP contribution in [0.2, 0.25) is 0 Å². The summed E-state index contributed by atoms with van der Waals surface area (Å²) >= 11 is 3.37. The van der Waals surface area contributed by atoms with Gasteiger partial charge in [-0.2, -0.15) is 0 Å². The van der Waals surface area contributed by atoms with Gasteiger partial charge in [0.15, 0.2) is 5.75 Å². The predicted octanol–water partition coefficient (Wildman–Crippen LogP) is 2.99. The minimum Gasteiger partial charge on any atom is -0.486 e. The van der Waals surface area contributed by atoms with Gasteiger partial charge < -0.3 is 10.5 Å². The van der Waals surface area contributed by atoms with Gasteiger partial charge in [0, 0.05) is 0 Å². The van der Waals surface area contributed by atoms with Gasteiger partial charge >= 0.3 is 0 Å². The number of hydrogen-bond acceptors (Lipinski definition) is 2. The van der Waals surface area contributed by atoms with E-state index < -0.39 is 0 Å². The van der Waals surface area contributed by atoms with Gasteiger partial charge in [-0.05, 0) is 35.0 Å². The molecular formula is C10H12BrNO. The molecule has 0 aliphatic heterocycles. The summed E-state index contributed by atoms with van der Waals surface area (Å²) in [5, 5.41) is 0. The molecule has 0 amide bonds. The molecule has 0 radical (unpaired) electrons. The van der Waals surface area contributed by atoms with Crippen molar-refractivity contribution in [1.82, 2.24) is 0 Å². The zero-order valence-corrected chi connectivity index (χ0v) is 9.04. The van der Waals surface area contributed by atoms with E-state index in [0.29, 0.717) is 18.0 Å². The number of nitrogen functional groups attached to an aromatic ring is 1. The van der Waals surface area contributed by atoms with Crippen LogP contribution in [0, 0.1) is 0 Å². The van der Waals surface area contributed by atoms with Crippen LogP contribution >= 0.6 is 15.9 Å². The van der Waals surface area contributed by atoms with Gasteiger partial charge in [-0.15, -0.1) is 0 Å². The number of ether oxygens (including phenoxy) is 1. The van der Waals surface area contributed by atoms with E-state index in [0.717, 1.165) is 4.47 Å². The molecule has 0 aromatic heterocycles. The first-order chi connectivity index (χ1) is 6.25. The molecule has 0 aliphatic rings. The van der Waals surface area contributed by atoms with Crippen molar-refractivity contribution >= 4 is 21.6 Å². The van der Waals surface area contributed by atoms with E-state index in [1.54, 1.807) is 0 Å².